The Morgan fingerprint density at radius 3 is 2.60 bits per heavy atom. The minimum absolute atomic E-state index is 0.719. The lowest BCUT2D eigenvalue weighted by molar-refractivity contribution is 0.518. The molecule has 3 nitrogen and oxygen atoms in total. The maximum Gasteiger partial charge on any atom is 0.126 e. The second kappa shape index (κ2) is 7.25. The van der Waals surface area contributed by atoms with E-state index in [4.69, 9.17) is 4.98 Å². The number of pyridine rings is 1. The van der Waals surface area contributed by atoms with Crippen LogP contribution >= 0.6 is 0 Å². The molecule has 2 aromatic rings. The third-order valence-corrected chi connectivity index (χ3v) is 3.90. The predicted octanol–water partition coefficient (Wildman–Crippen LogP) is 3.80. The number of nitrogens with zero attached hydrogens (tertiary/aromatic N) is 1. The molecule has 0 aliphatic rings. The van der Waals surface area contributed by atoms with Gasteiger partial charge in [0.2, 0.25) is 0 Å². The number of rotatable bonds is 7. The highest BCUT2D eigenvalue weighted by Crippen LogP contribution is 2.21. The van der Waals surface area contributed by atoms with Gasteiger partial charge >= 0.3 is 0 Å². The van der Waals surface area contributed by atoms with Crippen molar-refractivity contribution in [1.82, 2.24) is 10.3 Å². The van der Waals surface area contributed by atoms with Crippen LogP contribution in [-0.4, -0.2) is 18.6 Å². The molecule has 0 saturated heterocycles. The molecule has 1 heterocycles. The third-order valence-electron chi connectivity index (χ3n) is 3.90. The first-order chi connectivity index (χ1) is 9.78. The van der Waals surface area contributed by atoms with Crippen molar-refractivity contribution in [2.24, 2.45) is 5.92 Å². The summed E-state index contributed by atoms with van der Waals surface area (Å²) in [5, 5.41) is 7.97. The summed E-state index contributed by atoms with van der Waals surface area (Å²) < 4.78 is 0. The zero-order valence-electron chi connectivity index (χ0n) is 12.7. The van der Waals surface area contributed by atoms with Crippen LogP contribution in [0.1, 0.15) is 32.3 Å². The molecule has 0 saturated carbocycles. The summed E-state index contributed by atoms with van der Waals surface area (Å²) in [5.74, 6) is 1.71. The largest absolute Gasteiger partial charge is 0.370 e. The Bertz CT molecular complexity index is 547. The normalized spacial score (nSPS) is 11.2. The lowest BCUT2D eigenvalue weighted by Gasteiger charge is -2.15. The monoisotopic (exact) mass is 271 g/mol. The Morgan fingerprint density at radius 2 is 1.90 bits per heavy atom. The third kappa shape index (κ3) is 3.48. The van der Waals surface area contributed by atoms with Crippen molar-refractivity contribution >= 4 is 16.7 Å². The van der Waals surface area contributed by atoms with Gasteiger partial charge in [-0.25, -0.2) is 4.98 Å². The average molecular weight is 271 g/mol. The van der Waals surface area contributed by atoms with Crippen molar-refractivity contribution in [1.29, 1.82) is 0 Å². The van der Waals surface area contributed by atoms with Gasteiger partial charge in [0.15, 0.2) is 0 Å². The summed E-state index contributed by atoms with van der Waals surface area (Å²) in [6, 6.07) is 10.5. The van der Waals surface area contributed by atoms with Crippen molar-refractivity contribution in [2.75, 3.05) is 18.9 Å². The van der Waals surface area contributed by atoms with Gasteiger partial charge in [-0.1, -0.05) is 44.9 Å². The van der Waals surface area contributed by atoms with Crippen molar-refractivity contribution in [3.05, 3.63) is 35.9 Å². The van der Waals surface area contributed by atoms with Crippen LogP contribution in [0, 0.1) is 5.92 Å². The van der Waals surface area contributed by atoms with Gasteiger partial charge in [0.1, 0.15) is 5.82 Å². The second-order valence-corrected chi connectivity index (χ2v) is 5.28. The molecular formula is C17H25N3. The van der Waals surface area contributed by atoms with Crippen LogP contribution in [0.25, 0.3) is 10.9 Å². The molecule has 0 fully saturated rings. The minimum atomic E-state index is 0.719. The number of aromatic nitrogens is 1. The lowest BCUT2D eigenvalue weighted by Crippen LogP contribution is -2.14. The van der Waals surface area contributed by atoms with Gasteiger partial charge in [-0.3, -0.25) is 0 Å². The number of nitrogens with one attached hydrogen (secondary N) is 2. The summed E-state index contributed by atoms with van der Waals surface area (Å²) in [7, 11) is 1.98. The highest BCUT2D eigenvalue weighted by Gasteiger charge is 2.07. The fourth-order valence-electron chi connectivity index (χ4n) is 2.50. The Balaban J connectivity index is 2.25. The van der Waals surface area contributed by atoms with E-state index in [0.29, 0.717) is 0 Å². The Labute approximate surface area is 121 Å². The zero-order valence-corrected chi connectivity index (χ0v) is 12.7. The van der Waals surface area contributed by atoms with Crippen LogP contribution in [-0.2, 0) is 6.54 Å². The van der Waals surface area contributed by atoms with Gasteiger partial charge < -0.3 is 10.6 Å². The summed E-state index contributed by atoms with van der Waals surface area (Å²) >= 11 is 0. The van der Waals surface area contributed by atoms with E-state index in [9.17, 15) is 0 Å². The molecule has 0 aliphatic heterocycles. The number of para-hydroxylation sites is 1. The molecular weight excluding hydrogens is 246 g/mol. The standard InChI is InChI=1S/C17H25N3/c1-4-13(5-2)11-19-17-10-14(12-18-3)15-8-6-7-9-16(15)20-17/h6-10,13,18H,4-5,11-12H2,1-3H3,(H,19,20). The van der Waals surface area contributed by atoms with E-state index in [1.54, 1.807) is 0 Å². The van der Waals surface area contributed by atoms with E-state index in [0.717, 1.165) is 30.3 Å². The van der Waals surface area contributed by atoms with Crippen LogP contribution in [0.4, 0.5) is 5.82 Å². The lowest BCUT2D eigenvalue weighted by atomic mass is 10.0. The number of hydrogen-bond donors (Lipinski definition) is 2. The molecule has 0 radical (unpaired) electrons. The second-order valence-electron chi connectivity index (χ2n) is 5.28. The first-order valence-corrected chi connectivity index (χ1v) is 7.55. The maximum atomic E-state index is 4.72. The molecule has 0 bridgehead atoms. The van der Waals surface area contributed by atoms with Crippen molar-refractivity contribution in [3.63, 3.8) is 0 Å². The minimum Gasteiger partial charge on any atom is -0.370 e. The fourth-order valence-corrected chi connectivity index (χ4v) is 2.50. The van der Waals surface area contributed by atoms with Gasteiger partial charge in [-0.05, 0) is 30.7 Å². The summed E-state index contributed by atoms with van der Waals surface area (Å²) in [6.07, 6.45) is 2.42. The molecule has 0 amide bonds. The smallest absolute Gasteiger partial charge is 0.126 e. The average Bonchev–Trinajstić information content (AvgIpc) is 2.48. The first kappa shape index (κ1) is 14.8. The Kier molecular flexibility index (Phi) is 5.36. The molecule has 3 heteroatoms. The molecule has 0 unspecified atom stereocenters. The van der Waals surface area contributed by atoms with Crippen LogP contribution in [0.3, 0.4) is 0 Å². The van der Waals surface area contributed by atoms with E-state index in [-0.39, 0.29) is 0 Å². The van der Waals surface area contributed by atoms with Gasteiger partial charge in [0.25, 0.3) is 0 Å². The maximum absolute atomic E-state index is 4.72. The van der Waals surface area contributed by atoms with Gasteiger partial charge in [-0.2, -0.15) is 0 Å². The van der Waals surface area contributed by atoms with Gasteiger partial charge in [0.05, 0.1) is 5.52 Å². The first-order valence-electron chi connectivity index (χ1n) is 7.55. The van der Waals surface area contributed by atoms with Crippen molar-refractivity contribution in [3.8, 4) is 0 Å². The van der Waals surface area contributed by atoms with Crippen LogP contribution in [0.2, 0.25) is 0 Å². The number of hydrogen-bond acceptors (Lipinski definition) is 3. The Hall–Kier alpha value is -1.61. The van der Waals surface area contributed by atoms with Gasteiger partial charge in [-0.15, -0.1) is 0 Å². The van der Waals surface area contributed by atoms with Crippen LogP contribution in [0.15, 0.2) is 30.3 Å². The molecule has 2 N–H and O–H groups in total. The highest BCUT2D eigenvalue weighted by molar-refractivity contribution is 5.84. The summed E-state index contributed by atoms with van der Waals surface area (Å²) in [6.45, 7) is 6.35. The van der Waals surface area contributed by atoms with E-state index in [2.05, 4.69) is 48.7 Å². The number of benzene rings is 1. The fraction of sp³-hybridized carbons (Fsp3) is 0.471. The Morgan fingerprint density at radius 1 is 1.15 bits per heavy atom. The molecule has 1 aromatic carbocycles. The van der Waals surface area contributed by atoms with Crippen LogP contribution in [0.5, 0.6) is 0 Å². The predicted molar refractivity (Wildman–Crippen MR) is 87.1 cm³/mol. The van der Waals surface area contributed by atoms with E-state index in [1.807, 2.05) is 13.1 Å². The number of anilines is 1. The van der Waals surface area contributed by atoms with Crippen molar-refractivity contribution < 1.29 is 0 Å². The van der Waals surface area contributed by atoms with E-state index >= 15 is 0 Å². The molecule has 2 rings (SSSR count). The molecule has 20 heavy (non-hydrogen) atoms. The van der Waals surface area contributed by atoms with E-state index < -0.39 is 0 Å². The molecule has 0 spiro atoms. The summed E-state index contributed by atoms with van der Waals surface area (Å²) in [4.78, 5) is 4.72. The van der Waals surface area contributed by atoms with E-state index in [1.165, 1.54) is 23.8 Å². The topological polar surface area (TPSA) is 37.0 Å². The van der Waals surface area contributed by atoms with Crippen molar-refractivity contribution in [2.45, 2.75) is 33.2 Å². The zero-order chi connectivity index (χ0) is 14.4. The quantitative estimate of drug-likeness (QED) is 0.804. The number of fused-ring (bicyclic) bond motifs is 1. The SMILES string of the molecule is CCC(CC)CNc1cc(CNC)c2ccccc2n1. The summed E-state index contributed by atoms with van der Waals surface area (Å²) in [5.41, 5.74) is 2.36. The van der Waals surface area contributed by atoms with Crippen LogP contribution < -0.4 is 10.6 Å². The molecule has 1 aromatic heterocycles. The molecule has 108 valence electrons. The molecule has 0 aliphatic carbocycles. The highest BCUT2D eigenvalue weighted by atomic mass is 15.0. The van der Waals surface area contributed by atoms with Gasteiger partial charge in [0, 0.05) is 18.5 Å². The molecule has 0 atom stereocenters.